The number of amides is 2. The van der Waals surface area contributed by atoms with Gasteiger partial charge in [-0.05, 0) is 35.4 Å². The minimum Gasteiger partial charge on any atom is -0.342 e. The minimum atomic E-state index is -0.263. The fraction of sp³-hybridized carbons (Fsp3) is 0.148. The highest BCUT2D eigenvalue weighted by Crippen LogP contribution is 2.25. The molecule has 4 rings (SSSR count). The monoisotopic (exact) mass is 472 g/mol. The smallest absolute Gasteiger partial charge is 0.259 e. The number of nitrogens with zero attached hydrogens (tertiary/aromatic N) is 3. The van der Waals surface area contributed by atoms with Crippen LogP contribution < -0.4 is 5.32 Å². The highest BCUT2D eigenvalue weighted by atomic mass is 35.5. The Morgan fingerprint density at radius 1 is 0.971 bits per heavy atom. The number of hydrogen-bond donors (Lipinski definition) is 1. The van der Waals surface area contributed by atoms with E-state index in [-0.39, 0.29) is 11.8 Å². The molecule has 0 aliphatic heterocycles. The number of aromatic nitrogens is 2. The van der Waals surface area contributed by atoms with Crippen molar-refractivity contribution in [3.63, 3.8) is 0 Å². The molecule has 3 aromatic carbocycles. The number of carbonyl (C=O) groups excluding carboxylic acids is 2. The van der Waals surface area contributed by atoms with Crippen molar-refractivity contribution in [2.75, 3.05) is 12.4 Å². The number of rotatable bonds is 7. The lowest BCUT2D eigenvalue weighted by atomic mass is 10.1. The molecule has 0 bridgehead atoms. The van der Waals surface area contributed by atoms with E-state index in [1.54, 1.807) is 35.0 Å². The zero-order chi connectivity index (χ0) is 24.1. The standard InChI is InChI=1S/C27H25ClN4O2/c1-19(33)31(2)16-21-9-6-10-24(15-21)29-27(34)25-18-32(17-20-7-4-3-5-8-20)30-26(25)22-11-13-23(28)14-12-22/h3-15,18H,16-17H2,1-2H3,(H,29,34). The number of halogens is 1. The first-order valence-electron chi connectivity index (χ1n) is 10.9. The summed E-state index contributed by atoms with van der Waals surface area (Å²) in [5.74, 6) is -0.283. The van der Waals surface area contributed by atoms with Crippen LogP contribution in [0.4, 0.5) is 5.69 Å². The van der Waals surface area contributed by atoms with Crippen molar-refractivity contribution >= 4 is 29.1 Å². The third kappa shape index (κ3) is 5.71. The molecule has 0 aliphatic rings. The molecule has 34 heavy (non-hydrogen) atoms. The Morgan fingerprint density at radius 3 is 2.38 bits per heavy atom. The van der Waals surface area contributed by atoms with Gasteiger partial charge in [0.2, 0.25) is 5.91 Å². The number of anilines is 1. The molecule has 0 saturated carbocycles. The second-order valence-electron chi connectivity index (χ2n) is 8.11. The van der Waals surface area contributed by atoms with Crippen molar-refractivity contribution in [3.8, 4) is 11.3 Å². The van der Waals surface area contributed by atoms with Crippen LogP contribution >= 0.6 is 11.6 Å². The van der Waals surface area contributed by atoms with E-state index in [2.05, 4.69) is 5.32 Å². The lowest BCUT2D eigenvalue weighted by molar-refractivity contribution is -0.128. The Hall–Kier alpha value is -3.90. The fourth-order valence-corrected chi connectivity index (χ4v) is 3.72. The van der Waals surface area contributed by atoms with Crippen LogP contribution in [0.15, 0.2) is 85.1 Å². The quantitative estimate of drug-likeness (QED) is 0.387. The summed E-state index contributed by atoms with van der Waals surface area (Å²) < 4.78 is 1.77. The van der Waals surface area contributed by atoms with Gasteiger partial charge in [-0.25, -0.2) is 0 Å². The molecule has 0 unspecified atom stereocenters. The van der Waals surface area contributed by atoms with Gasteiger partial charge in [0, 0.05) is 43.0 Å². The molecule has 1 aromatic heterocycles. The molecule has 2 amide bonds. The Bertz CT molecular complexity index is 1300. The van der Waals surface area contributed by atoms with Crippen molar-refractivity contribution in [1.29, 1.82) is 0 Å². The molecule has 0 atom stereocenters. The molecule has 172 valence electrons. The lowest BCUT2D eigenvalue weighted by Crippen LogP contribution is -2.23. The summed E-state index contributed by atoms with van der Waals surface area (Å²) in [6.07, 6.45) is 1.76. The summed E-state index contributed by atoms with van der Waals surface area (Å²) >= 11 is 6.06. The summed E-state index contributed by atoms with van der Waals surface area (Å²) in [7, 11) is 1.74. The van der Waals surface area contributed by atoms with Crippen molar-refractivity contribution in [2.45, 2.75) is 20.0 Å². The molecule has 0 spiro atoms. The van der Waals surface area contributed by atoms with Gasteiger partial charge in [-0.2, -0.15) is 5.10 Å². The van der Waals surface area contributed by atoms with Gasteiger partial charge in [0.15, 0.2) is 0 Å². The average Bonchev–Trinajstić information content (AvgIpc) is 3.24. The zero-order valence-electron chi connectivity index (χ0n) is 19.0. The summed E-state index contributed by atoms with van der Waals surface area (Å²) in [5, 5.41) is 8.31. The lowest BCUT2D eigenvalue weighted by Gasteiger charge is -2.15. The van der Waals surface area contributed by atoms with Crippen LogP contribution in [0.5, 0.6) is 0 Å². The maximum atomic E-state index is 13.3. The van der Waals surface area contributed by atoms with E-state index >= 15 is 0 Å². The summed E-state index contributed by atoms with van der Waals surface area (Å²) in [6.45, 7) is 2.53. The molecule has 6 nitrogen and oxygen atoms in total. The third-order valence-electron chi connectivity index (χ3n) is 5.45. The number of carbonyl (C=O) groups is 2. The molecule has 0 saturated heterocycles. The highest BCUT2D eigenvalue weighted by molar-refractivity contribution is 6.30. The number of nitrogens with one attached hydrogen (secondary N) is 1. The molecular weight excluding hydrogens is 448 g/mol. The van der Waals surface area contributed by atoms with Gasteiger partial charge in [-0.3, -0.25) is 14.3 Å². The van der Waals surface area contributed by atoms with Crippen molar-refractivity contribution in [3.05, 3.63) is 107 Å². The number of benzene rings is 3. The first kappa shape index (κ1) is 23.3. The maximum Gasteiger partial charge on any atom is 0.259 e. The summed E-state index contributed by atoms with van der Waals surface area (Å²) in [4.78, 5) is 26.5. The van der Waals surface area contributed by atoms with Crippen LogP contribution in [0, 0.1) is 0 Å². The predicted octanol–water partition coefficient (Wildman–Crippen LogP) is 5.48. The molecular formula is C27H25ClN4O2. The van der Waals surface area contributed by atoms with E-state index in [1.165, 1.54) is 6.92 Å². The molecule has 1 N–H and O–H groups in total. The SMILES string of the molecule is CC(=O)N(C)Cc1cccc(NC(=O)c2cn(Cc3ccccc3)nc2-c2ccc(Cl)cc2)c1. The second kappa shape index (κ2) is 10.4. The van der Waals surface area contributed by atoms with Crippen LogP contribution in [0.3, 0.4) is 0 Å². The minimum absolute atomic E-state index is 0.0205. The Labute approximate surface area is 203 Å². The molecule has 0 aliphatic carbocycles. The number of hydrogen-bond acceptors (Lipinski definition) is 3. The van der Waals surface area contributed by atoms with Crippen LogP contribution in [-0.4, -0.2) is 33.5 Å². The molecule has 0 radical (unpaired) electrons. The van der Waals surface area contributed by atoms with E-state index in [4.69, 9.17) is 16.7 Å². The fourth-order valence-electron chi connectivity index (χ4n) is 3.59. The van der Waals surface area contributed by atoms with E-state index in [0.29, 0.717) is 35.1 Å². The topological polar surface area (TPSA) is 67.2 Å². The van der Waals surface area contributed by atoms with E-state index in [9.17, 15) is 9.59 Å². The van der Waals surface area contributed by atoms with Crippen LogP contribution in [0.1, 0.15) is 28.4 Å². The molecule has 4 aromatic rings. The van der Waals surface area contributed by atoms with Gasteiger partial charge in [0.1, 0.15) is 5.69 Å². The van der Waals surface area contributed by atoms with Gasteiger partial charge in [0.25, 0.3) is 5.91 Å². The zero-order valence-corrected chi connectivity index (χ0v) is 19.8. The second-order valence-corrected chi connectivity index (χ2v) is 8.55. The van der Waals surface area contributed by atoms with Crippen LogP contribution in [0.25, 0.3) is 11.3 Å². The van der Waals surface area contributed by atoms with Gasteiger partial charge in [-0.1, -0.05) is 66.2 Å². The van der Waals surface area contributed by atoms with Crippen molar-refractivity contribution in [2.24, 2.45) is 0 Å². The Balaban J connectivity index is 1.62. The van der Waals surface area contributed by atoms with E-state index < -0.39 is 0 Å². The Morgan fingerprint density at radius 2 is 1.68 bits per heavy atom. The maximum absolute atomic E-state index is 13.3. The van der Waals surface area contributed by atoms with Crippen molar-refractivity contribution < 1.29 is 9.59 Å². The van der Waals surface area contributed by atoms with Gasteiger partial charge in [-0.15, -0.1) is 0 Å². The third-order valence-corrected chi connectivity index (χ3v) is 5.71. The summed E-state index contributed by atoms with van der Waals surface area (Å²) in [6, 6.07) is 24.7. The van der Waals surface area contributed by atoms with E-state index in [0.717, 1.165) is 16.7 Å². The average molecular weight is 473 g/mol. The van der Waals surface area contributed by atoms with Gasteiger partial charge >= 0.3 is 0 Å². The largest absolute Gasteiger partial charge is 0.342 e. The first-order valence-corrected chi connectivity index (χ1v) is 11.3. The van der Waals surface area contributed by atoms with Crippen LogP contribution in [0.2, 0.25) is 5.02 Å². The highest BCUT2D eigenvalue weighted by Gasteiger charge is 2.19. The van der Waals surface area contributed by atoms with Crippen molar-refractivity contribution in [1.82, 2.24) is 14.7 Å². The predicted molar refractivity (Wildman–Crippen MR) is 135 cm³/mol. The van der Waals surface area contributed by atoms with E-state index in [1.807, 2.05) is 66.7 Å². The van der Waals surface area contributed by atoms with Gasteiger partial charge in [0.05, 0.1) is 12.1 Å². The molecule has 0 fully saturated rings. The first-order chi connectivity index (χ1) is 16.4. The Kier molecular flexibility index (Phi) is 7.09. The summed E-state index contributed by atoms with van der Waals surface area (Å²) in [5.41, 5.74) is 4.51. The van der Waals surface area contributed by atoms with Gasteiger partial charge < -0.3 is 10.2 Å². The van der Waals surface area contributed by atoms with Crippen LogP contribution in [-0.2, 0) is 17.9 Å². The molecule has 7 heteroatoms. The normalized spacial score (nSPS) is 10.7. The molecule has 1 heterocycles.